The van der Waals surface area contributed by atoms with Gasteiger partial charge in [0.15, 0.2) is 0 Å². The molecule has 0 spiro atoms. The Morgan fingerprint density at radius 2 is 0.708 bits per heavy atom. The van der Waals surface area contributed by atoms with Gasteiger partial charge in [0.25, 0.3) is 0 Å². The Kier molecular flexibility index (Phi) is 55.7. The van der Waals surface area contributed by atoms with Gasteiger partial charge in [-0.2, -0.15) is 0 Å². The van der Waals surface area contributed by atoms with Gasteiger partial charge in [0.05, 0.1) is 0 Å². The van der Waals surface area contributed by atoms with E-state index in [4.69, 9.17) is 0 Å². The Balaban J connectivity index is -0.000000170. The van der Waals surface area contributed by atoms with Crippen LogP contribution in [-0.2, 0) is 0 Å². The smallest absolute Gasteiger partial charge is 0.0354 e. The molecule has 0 aromatic heterocycles. The Bertz CT molecular complexity index is 1000. The molecule has 0 aromatic carbocycles. The molecule has 0 heteroatoms. The van der Waals surface area contributed by atoms with E-state index in [0.29, 0.717) is 5.41 Å². The third-order valence-corrected chi connectivity index (χ3v) is 20.1. The van der Waals surface area contributed by atoms with Gasteiger partial charge in [0, 0.05) is 0 Å². The van der Waals surface area contributed by atoms with Crippen LogP contribution in [0.3, 0.4) is 0 Å². The van der Waals surface area contributed by atoms with E-state index in [1.54, 1.807) is 51.4 Å². The summed E-state index contributed by atoms with van der Waals surface area (Å²) in [6, 6.07) is 0. The molecule has 444 valence electrons. The fourth-order valence-electron chi connectivity index (χ4n) is 14.6. The number of fused-ring (bicyclic) bond motifs is 4. The minimum absolute atomic E-state index is 0. The van der Waals surface area contributed by atoms with E-state index in [2.05, 4.69) is 83.1 Å². The highest BCUT2D eigenvalue weighted by molar-refractivity contribution is 4.89. The van der Waals surface area contributed by atoms with Crippen molar-refractivity contribution in [1.29, 1.82) is 0 Å². The van der Waals surface area contributed by atoms with Gasteiger partial charge in [0.1, 0.15) is 0 Å². The molecule has 4 unspecified atom stereocenters. The van der Waals surface area contributed by atoms with Crippen molar-refractivity contribution in [3.63, 3.8) is 0 Å². The molecule has 0 amide bonds. The molecule has 4 bridgehead atoms. The van der Waals surface area contributed by atoms with Crippen molar-refractivity contribution in [2.24, 2.45) is 88.3 Å². The van der Waals surface area contributed by atoms with Gasteiger partial charge in [-0.3, -0.25) is 0 Å². The van der Waals surface area contributed by atoms with Crippen molar-refractivity contribution in [3.8, 4) is 0 Å². The predicted octanol–water partition coefficient (Wildman–Crippen LogP) is 27.4. The monoisotopic (exact) mass is 1020 g/mol. The van der Waals surface area contributed by atoms with Gasteiger partial charge >= 0.3 is 0 Å². The normalized spacial score (nSPS) is 33.2. The molecule has 10 rings (SSSR count). The van der Waals surface area contributed by atoms with Crippen molar-refractivity contribution >= 4 is 0 Å². The second kappa shape index (κ2) is 48.2. The van der Waals surface area contributed by atoms with E-state index in [-0.39, 0.29) is 59.4 Å². The quantitative estimate of drug-likeness (QED) is 0.264. The summed E-state index contributed by atoms with van der Waals surface area (Å²) in [6.45, 7) is 28.5. The zero-order valence-corrected chi connectivity index (χ0v) is 46.7. The summed E-state index contributed by atoms with van der Waals surface area (Å²) in [4.78, 5) is 0. The van der Waals surface area contributed by atoms with Crippen LogP contribution < -0.4 is 0 Å². The lowest BCUT2D eigenvalue weighted by Crippen LogP contribution is -2.14. The van der Waals surface area contributed by atoms with Crippen LogP contribution in [0.5, 0.6) is 0 Å². The van der Waals surface area contributed by atoms with Gasteiger partial charge in [-0.05, 0) is 152 Å². The molecule has 10 saturated carbocycles. The zero-order chi connectivity index (χ0) is 46.7. The summed E-state index contributed by atoms with van der Waals surface area (Å²) in [5.41, 5.74) is 0.679. The van der Waals surface area contributed by atoms with Gasteiger partial charge in [-0.15, -0.1) is 0 Å². The maximum atomic E-state index is 2.44. The highest BCUT2D eigenvalue weighted by Crippen LogP contribution is 2.49. The standard InChI is InChI=1S/2C8H14.6C8H16.8CH4/c1-6-4-7-2-3-8(6)5-7;1-6-7-2-3-8(6)5-4-7;1-7-3-5-8(2)6-4-7;1-7-4-3-5-8(2)6-7;1-8(2)6-4-3-5-7-8;1-7-5-3-4-6-8(7)2;1-2-8-6-4-3-5-7-8;1-2-5-8-6-3-4-7-8;;;;;;;;/h2*6-8H,2-5H2,1H3;2*7-8H,3-6H2,1-2H3;3-7H2,1-2H3;7-8H,3-6H2,1-2H3;2*8H,2-7H2,1H3;8*1H4/t6-,7?,8?;;;7-,8?;;7-,8?;;;;;;;;;;/m0..1.1........../s1. The Morgan fingerprint density at radius 1 is 0.319 bits per heavy atom. The molecule has 72 heavy (non-hydrogen) atoms. The second-order valence-electron chi connectivity index (χ2n) is 26.7. The van der Waals surface area contributed by atoms with E-state index in [1.165, 1.54) is 186 Å². The topological polar surface area (TPSA) is 0 Å². The summed E-state index contributed by atoms with van der Waals surface area (Å²) < 4.78 is 0. The molecule has 10 fully saturated rings. The predicted molar refractivity (Wildman–Crippen MR) is 344 cm³/mol. The SMILES string of the molecule is C.C.C.C.C.C.C.C.CC1(C)CCCCC1.CC1C2CCC1CC2.CC1CCC(C)CC1.CC1CCCC[C@H]1C.CC1CCC[C@@H](C)C1.CCC1CCCCC1.CCCC1CCCC1.C[C@H]1CC2CCC1C2. The van der Waals surface area contributed by atoms with E-state index in [0.717, 1.165) is 82.9 Å². The van der Waals surface area contributed by atoms with Crippen LogP contribution in [0.15, 0.2) is 0 Å². The molecule has 0 radical (unpaired) electrons. The molecule has 10 aliphatic rings. The average molecular weight is 1020 g/mol. The molecular weight excluding hydrogens is 865 g/mol. The van der Waals surface area contributed by atoms with Crippen molar-refractivity contribution < 1.29 is 0 Å². The van der Waals surface area contributed by atoms with Crippen LogP contribution in [0, 0.1) is 88.3 Å². The van der Waals surface area contributed by atoms with Crippen molar-refractivity contribution in [1.82, 2.24) is 0 Å². The number of rotatable bonds is 3. The summed E-state index contributed by atoms with van der Waals surface area (Å²) >= 11 is 0. The Hall–Kier alpha value is 0. The fraction of sp³-hybridized carbons (Fsp3) is 1.00. The largest absolute Gasteiger partial charge is 0.0776 e. The van der Waals surface area contributed by atoms with Crippen LogP contribution in [0.1, 0.15) is 380 Å². The van der Waals surface area contributed by atoms with Gasteiger partial charge < -0.3 is 0 Å². The van der Waals surface area contributed by atoms with E-state index >= 15 is 0 Å². The average Bonchev–Trinajstić information content (AvgIpc) is 4.16. The van der Waals surface area contributed by atoms with Gasteiger partial charge in [-0.1, -0.05) is 316 Å². The van der Waals surface area contributed by atoms with Crippen LogP contribution in [0.2, 0.25) is 0 Å². The van der Waals surface area contributed by atoms with Crippen LogP contribution in [0.4, 0.5) is 0 Å². The second-order valence-corrected chi connectivity index (χ2v) is 26.7. The summed E-state index contributed by atoms with van der Waals surface area (Å²) in [6.07, 6.45) is 55.3. The van der Waals surface area contributed by atoms with Crippen LogP contribution >= 0.6 is 0 Å². The van der Waals surface area contributed by atoms with E-state index in [9.17, 15) is 0 Å². The summed E-state index contributed by atoms with van der Waals surface area (Å²) in [5, 5.41) is 0. The molecule has 0 nitrogen and oxygen atoms in total. The molecule has 0 aliphatic heterocycles. The Labute approximate surface area is 466 Å². The molecule has 0 heterocycles. The maximum Gasteiger partial charge on any atom is -0.0354 e. The first-order valence-corrected chi connectivity index (χ1v) is 30.7. The van der Waals surface area contributed by atoms with E-state index in [1.807, 2.05) is 0 Å². The molecule has 0 aromatic rings. The zero-order valence-electron chi connectivity index (χ0n) is 46.7. The lowest BCUT2D eigenvalue weighted by molar-refractivity contribution is 0.244. The third-order valence-electron chi connectivity index (χ3n) is 20.1. The van der Waals surface area contributed by atoms with Crippen molar-refractivity contribution in [2.75, 3.05) is 0 Å². The minimum atomic E-state index is 0. The van der Waals surface area contributed by atoms with Gasteiger partial charge in [-0.25, -0.2) is 0 Å². The minimum Gasteiger partial charge on any atom is -0.0776 e. The van der Waals surface area contributed by atoms with Gasteiger partial charge in [0.2, 0.25) is 0 Å². The molecule has 0 N–H and O–H groups in total. The number of hydrogen-bond acceptors (Lipinski definition) is 0. The van der Waals surface area contributed by atoms with Crippen LogP contribution in [-0.4, -0.2) is 0 Å². The Morgan fingerprint density at radius 3 is 0.958 bits per heavy atom. The highest BCUT2D eigenvalue weighted by atomic mass is 14.4. The molecule has 0 saturated heterocycles. The first kappa shape index (κ1) is 83.3. The number of hydrogen-bond donors (Lipinski definition) is 0. The third kappa shape index (κ3) is 36.2. The van der Waals surface area contributed by atoms with E-state index < -0.39 is 0 Å². The molecule has 7 atom stereocenters. The van der Waals surface area contributed by atoms with Crippen molar-refractivity contribution in [3.05, 3.63) is 0 Å². The summed E-state index contributed by atoms with van der Waals surface area (Å²) in [5.74, 6) is 15.0. The van der Waals surface area contributed by atoms with Crippen molar-refractivity contribution in [2.45, 2.75) is 380 Å². The summed E-state index contributed by atoms with van der Waals surface area (Å²) in [7, 11) is 0. The highest BCUT2D eigenvalue weighted by Gasteiger charge is 2.38. The first-order chi connectivity index (χ1) is 30.7. The maximum absolute atomic E-state index is 2.44. The molecular formula is C72H156. The lowest BCUT2D eigenvalue weighted by Gasteiger charge is -2.28. The molecule has 10 aliphatic carbocycles. The lowest BCUT2D eigenvalue weighted by atomic mass is 9.78. The first-order valence-electron chi connectivity index (χ1n) is 30.7. The fourth-order valence-corrected chi connectivity index (χ4v) is 14.6. The van der Waals surface area contributed by atoms with Crippen LogP contribution in [0.25, 0.3) is 0 Å².